The van der Waals surface area contributed by atoms with Gasteiger partial charge in [0.2, 0.25) is 0 Å². The van der Waals surface area contributed by atoms with Gasteiger partial charge in [0, 0.05) is 32.3 Å². The molecule has 0 aromatic carbocycles. The summed E-state index contributed by atoms with van der Waals surface area (Å²) in [4.78, 5) is 13.9. The summed E-state index contributed by atoms with van der Waals surface area (Å²) in [6, 6.07) is -0.126. The van der Waals surface area contributed by atoms with Crippen molar-refractivity contribution in [3.63, 3.8) is 0 Å². The Hall–Kier alpha value is -1.22. The molecule has 9 heteroatoms. The lowest BCUT2D eigenvalue weighted by atomic mass is 10.0. The molecule has 0 aliphatic carbocycles. The first-order valence-electron chi connectivity index (χ1n) is 7.33. The number of urea groups is 1. The third-order valence-electron chi connectivity index (χ3n) is 3.53. The SMILES string of the molecule is Cc1nnc(CCNC(=O)N2CCC[C@@H](CS(C)(=O)=O)C2)s1. The van der Waals surface area contributed by atoms with E-state index in [1.807, 2.05) is 6.92 Å². The zero-order valence-electron chi connectivity index (χ0n) is 12.9. The van der Waals surface area contributed by atoms with E-state index in [4.69, 9.17) is 0 Å². The number of carbonyl (C=O) groups is 1. The lowest BCUT2D eigenvalue weighted by Gasteiger charge is -2.32. The van der Waals surface area contributed by atoms with Gasteiger partial charge in [-0.25, -0.2) is 13.2 Å². The summed E-state index contributed by atoms with van der Waals surface area (Å²) in [7, 11) is -3.00. The number of nitrogens with one attached hydrogen (secondary N) is 1. The van der Waals surface area contributed by atoms with Gasteiger partial charge in [0.15, 0.2) is 0 Å². The second kappa shape index (κ2) is 7.36. The monoisotopic (exact) mass is 346 g/mol. The molecule has 1 aromatic rings. The molecule has 0 spiro atoms. The number of aromatic nitrogens is 2. The second-order valence-corrected chi connectivity index (χ2v) is 9.19. The van der Waals surface area contributed by atoms with Crippen LogP contribution in [0, 0.1) is 12.8 Å². The third kappa shape index (κ3) is 5.53. The Balaban J connectivity index is 1.76. The average molecular weight is 346 g/mol. The van der Waals surface area contributed by atoms with Gasteiger partial charge in [-0.05, 0) is 25.7 Å². The molecule has 124 valence electrons. The summed E-state index contributed by atoms with van der Waals surface area (Å²) in [5.41, 5.74) is 0. The van der Waals surface area contributed by atoms with E-state index in [0.29, 0.717) is 26.1 Å². The molecule has 1 N–H and O–H groups in total. The highest BCUT2D eigenvalue weighted by molar-refractivity contribution is 7.90. The van der Waals surface area contributed by atoms with Gasteiger partial charge in [-0.1, -0.05) is 0 Å². The van der Waals surface area contributed by atoms with E-state index in [0.717, 1.165) is 22.9 Å². The molecule has 0 unspecified atom stereocenters. The summed E-state index contributed by atoms with van der Waals surface area (Å²) in [5.74, 6) is 0.196. The third-order valence-corrected chi connectivity index (χ3v) is 5.50. The van der Waals surface area contributed by atoms with Crippen LogP contribution in [0.15, 0.2) is 0 Å². The van der Waals surface area contributed by atoms with E-state index in [1.165, 1.54) is 17.6 Å². The van der Waals surface area contributed by atoms with Crippen LogP contribution in [0.25, 0.3) is 0 Å². The maximum Gasteiger partial charge on any atom is 0.317 e. The van der Waals surface area contributed by atoms with Crippen molar-refractivity contribution in [1.29, 1.82) is 0 Å². The van der Waals surface area contributed by atoms with Gasteiger partial charge >= 0.3 is 6.03 Å². The minimum absolute atomic E-state index is 0.0420. The molecule has 0 saturated carbocycles. The number of rotatable bonds is 5. The van der Waals surface area contributed by atoms with Crippen molar-refractivity contribution in [1.82, 2.24) is 20.4 Å². The Morgan fingerprint density at radius 2 is 2.23 bits per heavy atom. The van der Waals surface area contributed by atoms with Crippen LogP contribution >= 0.6 is 11.3 Å². The zero-order valence-corrected chi connectivity index (χ0v) is 14.5. The smallest absolute Gasteiger partial charge is 0.317 e. The largest absolute Gasteiger partial charge is 0.338 e. The van der Waals surface area contributed by atoms with Crippen LogP contribution in [0.2, 0.25) is 0 Å². The molecule has 22 heavy (non-hydrogen) atoms. The van der Waals surface area contributed by atoms with Gasteiger partial charge in [-0.3, -0.25) is 0 Å². The molecule has 7 nitrogen and oxygen atoms in total. The number of sulfone groups is 1. The van der Waals surface area contributed by atoms with E-state index in [-0.39, 0.29) is 17.7 Å². The number of piperidine rings is 1. The summed E-state index contributed by atoms with van der Waals surface area (Å²) in [6.07, 6.45) is 3.62. The Morgan fingerprint density at radius 1 is 1.45 bits per heavy atom. The van der Waals surface area contributed by atoms with Crippen LogP contribution < -0.4 is 5.32 Å². The highest BCUT2D eigenvalue weighted by Crippen LogP contribution is 2.18. The second-order valence-electron chi connectivity index (χ2n) is 5.74. The number of aryl methyl sites for hydroxylation is 1. The fourth-order valence-corrected chi connectivity index (χ4v) is 4.48. The number of amides is 2. The van der Waals surface area contributed by atoms with Gasteiger partial charge in [0.25, 0.3) is 0 Å². The molecule has 0 radical (unpaired) electrons. The highest BCUT2D eigenvalue weighted by Gasteiger charge is 2.25. The molecule has 1 atom stereocenters. The highest BCUT2D eigenvalue weighted by atomic mass is 32.2. The molecule has 0 bridgehead atoms. The molecule has 2 amide bonds. The van der Waals surface area contributed by atoms with Crippen molar-refractivity contribution >= 4 is 27.2 Å². The molecule has 1 aliphatic rings. The number of likely N-dealkylation sites (tertiary alicyclic amines) is 1. The van der Waals surface area contributed by atoms with Crippen LogP contribution in [-0.2, 0) is 16.3 Å². The van der Waals surface area contributed by atoms with Gasteiger partial charge < -0.3 is 10.2 Å². The Morgan fingerprint density at radius 3 is 2.86 bits per heavy atom. The predicted molar refractivity (Wildman–Crippen MR) is 85.8 cm³/mol. The lowest BCUT2D eigenvalue weighted by molar-refractivity contribution is 0.170. The predicted octanol–water partition coefficient (Wildman–Crippen LogP) is 0.855. The fraction of sp³-hybridized carbons (Fsp3) is 0.769. The van der Waals surface area contributed by atoms with Crippen LogP contribution in [0.4, 0.5) is 4.79 Å². The van der Waals surface area contributed by atoms with Crippen molar-refractivity contribution in [2.75, 3.05) is 31.6 Å². The topological polar surface area (TPSA) is 92.3 Å². The Kier molecular flexibility index (Phi) is 5.74. The van der Waals surface area contributed by atoms with Crippen LogP contribution in [-0.4, -0.2) is 61.2 Å². The number of hydrogen-bond acceptors (Lipinski definition) is 6. The van der Waals surface area contributed by atoms with Crippen molar-refractivity contribution in [3.05, 3.63) is 10.0 Å². The first kappa shape index (κ1) is 17.1. The summed E-state index contributed by atoms with van der Waals surface area (Å²) < 4.78 is 22.8. The minimum atomic E-state index is -3.00. The van der Waals surface area contributed by atoms with Crippen LogP contribution in [0.5, 0.6) is 0 Å². The molecule has 2 rings (SSSR count). The van der Waals surface area contributed by atoms with E-state index in [2.05, 4.69) is 15.5 Å². The van der Waals surface area contributed by atoms with Crippen molar-refractivity contribution in [2.24, 2.45) is 5.92 Å². The zero-order chi connectivity index (χ0) is 16.2. The summed E-state index contributed by atoms with van der Waals surface area (Å²) in [5, 5.41) is 12.6. The van der Waals surface area contributed by atoms with E-state index >= 15 is 0 Å². The van der Waals surface area contributed by atoms with Crippen molar-refractivity contribution in [3.8, 4) is 0 Å². The molecular formula is C13H22N4O3S2. The van der Waals surface area contributed by atoms with E-state index in [9.17, 15) is 13.2 Å². The lowest BCUT2D eigenvalue weighted by Crippen LogP contribution is -2.47. The summed E-state index contributed by atoms with van der Waals surface area (Å²) >= 11 is 1.53. The molecule has 1 saturated heterocycles. The molecule has 2 heterocycles. The van der Waals surface area contributed by atoms with Gasteiger partial charge in [-0.2, -0.15) is 0 Å². The van der Waals surface area contributed by atoms with E-state index < -0.39 is 9.84 Å². The normalized spacial score (nSPS) is 19.2. The number of hydrogen-bond donors (Lipinski definition) is 1. The van der Waals surface area contributed by atoms with E-state index in [1.54, 1.807) is 4.90 Å². The van der Waals surface area contributed by atoms with Gasteiger partial charge in [0.05, 0.1) is 5.75 Å². The van der Waals surface area contributed by atoms with Crippen LogP contribution in [0.1, 0.15) is 22.9 Å². The maximum atomic E-state index is 12.1. The van der Waals surface area contributed by atoms with Gasteiger partial charge in [-0.15, -0.1) is 21.5 Å². The minimum Gasteiger partial charge on any atom is -0.338 e. The van der Waals surface area contributed by atoms with Crippen LogP contribution in [0.3, 0.4) is 0 Å². The quantitative estimate of drug-likeness (QED) is 0.853. The molecule has 1 aromatic heterocycles. The molecule has 1 fully saturated rings. The maximum absolute atomic E-state index is 12.1. The standard InChI is InChI=1S/C13H22N4O3S2/c1-10-15-16-12(21-10)5-6-14-13(18)17-7-3-4-11(8-17)9-22(2,19)20/h11H,3-9H2,1-2H3,(H,14,18)/t11-/m1/s1. The van der Waals surface area contributed by atoms with Gasteiger partial charge in [0.1, 0.15) is 19.9 Å². The van der Waals surface area contributed by atoms with Crippen molar-refractivity contribution in [2.45, 2.75) is 26.2 Å². The number of nitrogens with zero attached hydrogens (tertiary/aromatic N) is 3. The molecular weight excluding hydrogens is 324 g/mol. The van der Waals surface area contributed by atoms with Crippen molar-refractivity contribution < 1.29 is 13.2 Å². The molecule has 1 aliphatic heterocycles. The Bertz CT molecular complexity index is 615. The first-order valence-corrected chi connectivity index (χ1v) is 10.2. The Labute approximate surface area is 135 Å². The summed E-state index contributed by atoms with van der Waals surface area (Å²) in [6.45, 7) is 3.61. The number of carbonyl (C=O) groups excluding carboxylic acids is 1. The fourth-order valence-electron chi connectivity index (χ4n) is 2.64. The average Bonchev–Trinajstić information content (AvgIpc) is 2.83. The first-order chi connectivity index (χ1) is 10.3.